The number of H-pyrrole nitrogens is 1. The van der Waals surface area contributed by atoms with Gasteiger partial charge < -0.3 is 14.6 Å². The van der Waals surface area contributed by atoms with Crippen LogP contribution in [-0.4, -0.2) is 39.2 Å². The highest BCUT2D eigenvalue weighted by atomic mass is 16.5. The van der Waals surface area contributed by atoms with Crippen molar-refractivity contribution < 1.29 is 19.4 Å². The number of aliphatic hydroxyl groups excluding tert-OH is 1. The SMILES string of the molecule is CCOC(=O)c1n[nH]nc1-c1ccc(OC(C)C)c(CO)c1. The van der Waals surface area contributed by atoms with Gasteiger partial charge in [-0.25, -0.2) is 4.79 Å². The van der Waals surface area contributed by atoms with Gasteiger partial charge in [-0.3, -0.25) is 0 Å². The number of carbonyl (C=O) groups is 1. The fraction of sp³-hybridized carbons (Fsp3) is 0.400. The largest absolute Gasteiger partial charge is 0.491 e. The molecule has 0 unspecified atom stereocenters. The molecule has 2 N–H and O–H groups in total. The van der Waals surface area contributed by atoms with E-state index in [0.29, 0.717) is 22.6 Å². The molecule has 7 heteroatoms. The number of aromatic nitrogens is 3. The Morgan fingerprint density at radius 1 is 1.36 bits per heavy atom. The van der Waals surface area contributed by atoms with Crippen molar-refractivity contribution in [3.8, 4) is 17.0 Å². The number of nitrogens with zero attached hydrogens (tertiary/aromatic N) is 2. The van der Waals surface area contributed by atoms with Crippen molar-refractivity contribution in [3.05, 3.63) is 29.5 Å². The third kappa shape index (κ3) is 3.43. The summed E-state index contributed by atoms with van der Waals surface area (Å²) in [6.07, 6.45) is -0.00158. The molecule has 118 valence electrons. The van der Waals surface area contributed by atoms with E-state index in [-0.39, 0.29) is 25.0 Å². The molecule has 1 heterocycles. The summed E-state index contributed by atoms with van der Waals surface area (Å²) in [4.78, 5) is 11.8. The minimum Gasteiger partial charge on any atom is -0.491 e. The first kappa shape index (κ1) is 16.0. The summed E-state index contributed by atoms with van der Waals surface area (Å²) in [6.45, 7) is 5.62. The maximum absolute atomic E-state index is 11.8. The second-order valence-corrected chi connectivity index (χ2v) is 4.89. The number of hydrogen-bond donors (Lipinski definition) is 2. The normalized spacial score (nSPS) is 10.8. The molecule has 0 saturated carbocycles. The Balaban J connectivity index is 2.38. The van der Waals surface area contributed by atoms with Gasteiger partial charge in [0, 0.05) is 11.1 Å². The van der Waals surface area contributed by atoms with Crippen molar-refractivity contribution in [2.45, 2.75) is 33.5 Å². The van der Waals surface area contributed by atoms with Crippen LogP contribution in [0.1, 0.15) is 36.8 Å². The van der Waals surface area contributed by atoms with Crippen LogP contribution >= 0.6 is 0 Å². The highest BCUT2D eigenvalue weighted by molar-refractivity contribution is 5.94. The molecule has 0 radical (unpaired) electrons. The van der Waals surface area contributed by atoms with E-state index in [1.54, 1.807) is 25.1 Å². The lowest BCUT2D eigenvalue weighted by Crippen LogP contribution is -2.08. The Morgan fingerprint density at radius 2 is 2.14 bits per heavy atom. The highest BCUT2D eigenvalue weighted by Crippen LogP contribution is 2.28. The Hall–Kier alpha value is -2.41. The van der Waals surface area contributed by atoms with Crippen LogP contribution in [0.2, 0.25) is 0 Å². The maximum atomic E-state index is 11.8. The summed E-state index contributed by atoms with van der Waals surface area (Å²) in [7, 11) is 0. The quantitative estimate of drug-likeness (QED) is 0.791. The zero-order chi connectivity index (χ0) is 16.1. The standard InChI is InChI=1S/C15H19N3O4/c1-4-21-15(20)14-13(16-18-17-14)10-5-6-12(22-9(2)3)11(7-10)8-19/h5-7,9,19H,4,8H2,1-3H3,(H,16,17,18). The fourth-order valence-corrected chi connectivity index (χ4v) is 1.99. The van der Waals surface area contributed by atoms with E-state index >= 15 is 0 Å². The number of carbonyl (C=O) groups excluding carboxylic acids is 1. The molecule has 7 nitrogen and oxygen atoms in total. The second kappa shape index (κ2) is 7.04. The molecule has 0 spiro atoms. The van der Waals surface area contributed by atoms with Crippen molar-refractivity contribution in [3.63, 3.8) is 0 Å². The Bertz CT molecular complexity index is 652. The first-order valence-electron chi connectivity index (χ1n) is 7.05. The zero-order valence-corrected chi connectivity index (χ0v) is 12.8. The van der Waals surface area contributed by atoms with E-state index in [4.69, 9.17) is 9.47 Å². The van der Waals surface area contributed by atoms with Crippen LogP contribution in [0.5, 0.6) is 5.75 Å². The molecule has 0 saturated heterocycles. The molecule has 0 aliphatic carbocycles. The van der Waals surface area contributed by atoms with Gasteiger partial charge in [0.15, 0.2) is 5.69 Å². The lowest BCUT2D eigenvalue weighted by atomic mass is 10.1. The van der Waals surface area contributed by atoms with Crippen LogP contribution in [-0.2, 0) is 11.3 Å². The number of hydrogen-bond acceptors (Lipinski definition) is 6. The predicted octanol–water partition coefficient (Wildman–Crippen LogP) is 1.93. The van der Waals surface area contributed by atoms with Gasteiger partial charge in [0.1, 0.15) is 11.4 Å². The summed E-state index contributed by atoms with van der Waals surface area (Å²) in [6, 6.07) is 5.22. The number of benzene rings is 1. The maximum Gasteiger partial charge on any atom is 0.361 e. The third-order valence-corrected chi connectivity index (χ3v) is 2.88. The predicted molar refractivity (Wildman–Crippen MR) is 79.5 cm³/mol. The summed E-state index contributed by atoms with van der Waals surface area (Å²) in [5, 5.41) is 19.8. The fourth-order valence-electron chi connectivity index (χ4n) is 1.99. The van der Waals surface area contributed by atoms with E-state index < -0.39 is 5.97 Å². The monoisotopic (exact) mass is 305 g/mol. The van der Waals surface area contributed by atoms with E-state index in [2.05, 4.69) is 15.4 Å². The van der Waals surface area contributed by atoms with Crippen molar-refractivity contribution in [2.24, 2.45) is 0 Å². The van der Waals surface area contributed by atoms with Gasteiger partial charge in [0.25, 0.3) is 0 Å². The number of aliphatic hydroxyl groups is 1. The lowest BCUT2D eigenvalue weighted by molar-refractivity contribution is 0.0520. The number of rotatable bonds is 6. The molecule has 0 amide bonds. The van der Waals surface area contributed by atoms with Crippen LogP contribution < -0.4 is 4.74 Å². The van der Waals surface area contributed by atoms with E-state index in [1.807, 2.05) is 13.8 Å². The van der Waals surface area contributed by atoms with Crippen molar-refractivity contribution in [2.75, 3.05) is 6.61 Å². The zero-order valence-electron chi connectivity index (χ0n) is 12.8. The van der Waals surface area contributed by atoms with Gasteiger partial charge in [-0.15, -0.1) is 5.10 Å². The van der Waals surface area contributed by atoms with Crippen LogP contribution in [0, 0.1) is 0 Å². The molecule has 1 aromatic heterocycles. The van der Waals surface area contributed by atoms with Gasteiger partial charge >= 0.3 is 5.97 Å². The van der Waals surface area contributed by atoms with Crippen LogP contribution in [0.4, 0.5) is 0 Å². The number of esters is 1. The van der Waals surface area contributed by atoms with Crippen molar-refractivity contribution in [1.82, 2.24) is 15.4 Å². The van der Waals surface area contributed by atoms with Crippen LogP contribution in [0.3, 0.4) is 0 Å². The Kier molecular flexibility index (Phi) is 5.11. The van der Waals surface area contributed by atoms with Gasteiger partial charge in [0.2, 0.25) is 0 Å². The van der Waals surface area contributed by atoms with Crippen LogP contribution in [0.15, 0.2) is 18.2 Å². The molecule has 0 atom stereocenters. The first-order valence-corrected chi connectivity index (χ1v) is 7.05. The average Bonchev–Trinajstić information content (AvgIpc) is 2.97. The molecule has 2 rings (SSSR count). The average molecular weight is 305 g/mol. The third-order valence-electron chi connectivity index (χ3n) is 2.88. The number of nitrogens with one attached hydrogen (secondary N) is 1. The molecule has 0 bridgehead atoms. The minimum atomic E-state index is -0.542. The first-order chi connectivity index (χ1) is 10.6. The number of ether oxygens (including phenoxy) is 2. The van der Waals surface area contributed by atoms with E-state index in [1.165, 1.54) is 0 Å². The number of aromatic amines is 1. The molecule has 22 heavy (non-hydrogen) atoms. The molecular weight excluding hydrogens is 286 g/mol. The molecule has 0 aliphatic heterocycles. The molecule has 0 fully saturated rings. The van der Waals surface area contributed by atoms with E-state index in [9.17, 15) is 9.90 Å². The summed E-state index contributed by atoms with van der Waals surface area (Å²) < 4.78 is 10.6. The van der Waals surface area contributed by atoms with E-state index in [0.717, 1.165) is 0 Å². The summed E-state index contributed by atoms with van der Waals surface area (Å²) >= 11 is 0. The Labute approximate surface area is 128 Å². The summed E-state index contributed by atoms with van der Waals surface area (Å²) in [5.41, 5.74) is 1.76. The highest BCUT2D eigenvalue weighted by Gasteiger charge is 2.20. The van der Waals surface area contributed by atoms with Gasteiger partial charge in [-0.2, -0.15) is 10.3 Å². The van der Waals surface area contributed by atoms with Gasteiger partial charge in [-0.1, -0.05) is 0 Å². The minimum absolute atomic E-state index is 0.00158. The van der Waals surface area contributed by atoms with Gasteiger partial charge in [0.05, 0.1) is 19.3 Å². The summed E-state index contributed by atoms with van der Waals surface area (Å²) in [5.74, 6) is 0.0572. The Morgan fingerprint density at radius 3 is 2.77 bits per heavy atom. The van der Waals surface area contributed by atoms with Crippen molar-refractivity contribution >= 4 is 5.97 Å². The lowest BCUT2D eigenvalue weighted by Gasteiger charge is -2.14. The topological polar surface area (TPSA) is 97.3 Å². The molecule has 1 aromatic carbocycles. The second-order valence-electron chi connectivity index (χ2n) is 4.89. The molecular formula is C15H19N3O4. The smallest absolute Gasteiger partial charge is 0.361 e. The van der Waals surface area contributed by atoms with Crippen LogP contribution in [0.25, 0.3) is 11.3 Å². The van der Waals surface area contributed by atoms with Gasteiger partial charge in [-0.05, 0) is 39.0 Å². The molecule has 0 aliphatic rings. The van der Waals surface area contributed by atoms with Crippen molar-refractivity contribution in [1.29, 1.82) is 0 Å². The molecule has 2 aromatic rings.